The van der Waals surface area contributed by atoms with Gasteiger partial charge in [0.05, 0.1) is 58.0 Å². The fourth-order valence-electron chi connectivity index (χ4n) is 16.8. The van der Waals surface area contributed by atoms with Gasteiger partial charge in [-0.25, -0.2) is 0 Å². The molecule has 7 aliphatic heterocycles. The molecule has 1 spiro atoms. The Bertz CT molecular complexity index is 2210. The number of ether oxygens (including phenoxy) is 12. The lowest BCUT2D eigenvalue weighted by atomic mass is 9.43. The van der Waals surface area contributed by atoms with Crippen LogP contribution in [0.4, 0.5) is 0 Å². The molecule has 28 heteroatoms. The molecule has 0 amide bonds. The minimum atomic E-state index is -2.15. The second kappa shape index (κ2) is 24.4. The molecular weight excluding hydrogens is 1110 g/mol. The Kier molecular flexibility index (Phi) is 18.6. The van der Waals surface area contributed by atoms with Crippen molar-refractivity contribution in [2.45, 2.75) is 244 Å². The van der Waals surface area contributed by atoms with Crippen LogP contribution >= 0.6 is 0 Å². The number of aliphatic hydroxyl groups excluding tert-OH is 15. The number of hydrogen-bond acceptors (Lipinski definition) is 28. The van der Waals surface area contributed by atoms with Gasteiger partial charge >= 0.3 is 0 Å². The van der Waals surface area contributed by atoms with Gasteiger partial charge in [-0.3, -0.25) is 4.79 Å². The number of hydrogen-bond donors (Lipinski definition) is 15. The second-order valence-corrected chi connectivity index (χ2v) is 26.3. The molecule has 0 aromatic rings. The molecule has 7 heterocycles. The van der Waals surface area contributed by atoms with E-state index in [1.54, 1.807) is 0 Å². The summed E-state index contributed by atoms with van der Waals surface area (Å²) >= 11 is 0. The summed E-state index contributed by atoms with van der Waals surface area (Å²) in [6.45, 7) is 5.34. The highest BCUT2D eigenvalue weighted by Crippen LogP contribution is 2.70. The summed E-state index contributed by atoms with van der Waals surface area (Å²) in [6.07, 6.45) is -39.6. The Labute approximate surface area is 479 Å². The monoisotopic (exact) mass is 1200 g/mol. The van der Waals surface area contributed by atoms with E-state index in [9.17, 15) is 81.4 Å². The van der Waals surface area contributed by atoms with Gasteiger partial charge in [0.25, 0.3) is 0 Å². The SMILES string of the molecule is C[C@@H]1CC[C@@]2(OC1)O[C@H]1C[C@H]3[C@@H]4CC[C@H]5C[C@@H](O[C@@H]6O[C@H](CO)[C@H](O[C@@H]7O[C@H](CO)[C@@H](O)[C@H](O[C@@H]8OC[C@@H](O)[C@H](O)[C@H]8O)[C@H]7O[C@@H]7O[C@H](CO)[C@@H](O)[C@H](O[C@@H]8OC[C@@H](O)[C@H](O)[C@H]8O)[C@H]7O)[C@H](O)[C@H]6O)[C@H](O)C[C@]5(C)[C@H]4CC(=O)[C@]3(C)[C@H]1[C@@H]2C. The van der Waals surface area contributed by atoms with Crippen LogP contribution in [0.3, 0.4) is 0 Å². The lowest BCUT2D eigenvalue weighted by molar-refractivity contribution is -0.408. The predicted octanol–water partition coefficient (Wildman–Crippen LogP) is -5.66. The van der Waals surface area contributed by atoms with Crippen molar-refractivity contribution in [2.24, 2.45) is 52.3 Å². The molecule has 0 aromatic heterocycles. The van der Waals surface area contributed by atoms with Crippen molar-refractivity contribution in [1.29, 1.82) is 0 Å². The van der Waals surface area contributed by atoms with Crippen LogP contribution in [0.1, 0.15) is 79.1 Å². The van der Waals surface area contributed by atoms with E-state index in [0.29, 0.717) is 25.4 Å². The van der Waals surface area contributed by atoms with Gasteiger partial charge in [0.2, 0.25) is 0 Å². The van der Waals surface area contributed by atoms with Crippen LogP contribution in [0.25, 0.3) is 0 Å². The lowest BCUT2D eigenvalue weighted by Crippen LogP contribution is -2.69. The third kappa shape index (κ3) is 10.9. The Morgan fingerprint density at radius 2 is 1.08 bits per heavy atom. The van der Waals surface area contributed by atoms with Crippen molar-refractivity contribution in [2.75, 3.05) is 39.6 Å². The highest BCUT2D eigenvalue weighted by molar-refractivity contribution is 5.87. The molecule has 83 heavy (non-hydrogen) atoms. The first-order valence-corrected chi connectivity index (χ1v) is 29.7. The summed E-state index contributed by atoms with van der Waals surface area (Å²) in [4.78, 5) is 14.8. The Morgan fingerprint density at radius 1 is 0.530 bits per heavy atom. The number of carbonyl (C=O) groups excluding carboxylic acids is 1. The fraction of sp³-hybridized carbons (Fsp3) is 0.982. The number of aliphatic hydroxyl groups is 15. The first-order valence-electron chi connectivity index (χ1n) is 29.7. The van der Waals surface area contributed by atoms with E-state index >= 15 is 0 Å². The smallest absolute Gasteiger partial charge is 0.187 e. The van der Waals surface area contributed by atoms with Gasteiger partial charge in [-0.05, 0) is 73.5 Å². The quantitative estimate of drug-likeness (QED) is 0.0765. The topological polar surface area (TPSA) is 431 Å². The third-order valence-corrected chi connectivity index (χ3v) is 21.6. The van der Waals surface area contributed by atoms with Crippen LogP contribution in [0.15, 0.2) is 0 Å². The van der Waals surface area contributed by atoms with Crippen molar-refractivity contribution in [3.8, 4) is 0 Å². The van der Waals surface area contributed by atoms with E-state index in [-0.39, 0.29) is 53.8 Å². The number of fused-ring (bicyclic) bond motifs is 7. The Hall–Kier alpha value is -1.41. The normalized spacial score (nSPS) is 57.4. The van der Waals surface area contributed by atoms with Crippen LogP contribution in [-0.4, -0.2) is 287 Å². The zero-order chi connectivity index (χ0) is 59.5. The molecule has 28 nitrogen and oxygen atoms in total. The summed E-state index contributed by atoms with van der Waals surface area (Å²) in [5, 5.41) is 165. The molecule has 4 aliphatic carbocycles. The van der Waals surface area contributed by atoms with Gasteiger partial charge in [-0.15, -0.1) is 0 Å². The zero-order valence-electron chi connectivity index (χ0n) is 47.0. The second-order valence-electron chi connectivity index (χ2n) is 26.3. The van der Waals surface area contributed by atoms with Crippen molar-refractivity contribution in [1.82, 2.24) is 0 Å². The van der Waals surface area contributed by atoms with Gasteiger partial charge < -0.3 is 133 Å². The predicted molar refractivity (Wildman–Crippen MR) is 271 cm³/mol. The van der Waals surface area contributed by atoms with Crippen molar-refractivity contribution >= 4 is 5.78 Å². The van der Waals surface area contributed by atoms with Crippen molar-refractivity contribution in [3.05, 3.63) is 0 Å². The van der Waals surface area contributed by atoms with Gasteiger partial charge in [-0.1, -0.05) is 27.7 Å². The van der Waals surface area contributed by atoms with Gasteiger partial charge in [0.1, 0.15) is 116 Å². The van der Waals surface area contributed by atoms with E-state index in [2.05, 4.69) is 27.7 Å². The van der Waals surface area contributed by atoms with Gasteiger partial charge in [-0.2, -0.15) is 0 Å². The summed E-state index contributed by atoms with van der Waals surface area (Å²) < 4.78 is 72.6. The van der Waals surface area contributed by atoms with Gasteiger partial charge in [0.15, 0.2) is 37.2 Å². The van der Waals surface area contributed by atoms with Crippen molar-refractivity contribution < 1.29 is 138 Å². The molecule has 11 rings (SSSR count). The maximum atomic E-state index is 14.8. The minimum Gasteiger partial charge on any atom is -0.394 e. The number of carbonyl (C=O) groups is 1. The maximum Gasteiger partial charge on any atom is 0.187 e. The van der Waals surface area contributed by atoms with E-state index in [0.717, 1.165) is 32.1 Å². The van der Waals surface area contributed by atoms with Crippen LogP contribution in [-0.2, 0) is 61.6 Å². The standard InChI is InChI=1S/C55H88O28/c1-19-7-8-55(74-16-19)20(2)34-29(83-55)10-24-22-6-5-21-9-28(25(59)12-53(21,3)23(22)11-33(62)54(24,34)4)75-50-42(70)39(67)44(32(15-58)78-50)79-52-47(46(38(66)31(14-57)77-52)81-49-41(69)36(64)27(61)18-73-49)82-51-43(71)45(37(65)30(13-56)76-51)80-48-40(68)35(63)26(60)17-72-48/h19-32,34-52,56-61,63-71H,5-18H2,1-4H3/t19-,20+,21+,22-,23+,24+,25-,26-,27-,28-,29+,30-,31-,32-,34+,35+,36+,37-,38-,39-,40-,41-,42-,43-,44+,45+,46+,47-,48+,49+,50-,51+,52+,53+,54-,55-/m1/s1. The maximum absolute atomic E-state index is 14.8. The molecule has 7 saturated heterocycles. The number of Topliss-reactive ketones (excluding diaryl/α,β-unsaturated/α-hetero) is 1. The molecule has 0 bridgehead atoms. The zero-order valence-corrected chi connectivity index (χ0v) is 47.0. The Morgan fingerprint density at radius 3 is 1.70 bits per heavy atom. The molecule has 476 valence electrons. The van der Waals surface area contributed by atoms with E-state index in [4.69, 9.17) is 56.8 Å². The van der Waals surface area contributed by atoms with Crippen LogP contribution < -0.4 is 0 Å². The van der Waals surface area contributed by atoms with Gasteiger partial charge in [0, 0.05) is 30.1 Å². The highest BCUT2D eigenvalue weighted by atomic mass is 16.8. The average molecular weight is 1200 g/mol. The molecule has 36 atom stereocenters. The molecule has 0 radical (unpaired) electrons. The number of rotatable bonds is 13. The third-order valence-electron chi connectivity index (χ3n) is 21.6. The molecular formula is C55H88O28. The lowest BCUT2D eigenvalue weighted by Gasteiger charge is -2.61. The summed E-state index contributed by atoms with van der Waals surface area (Å²) in [6, 6.07) is 0. The van der Waals surface area contributed by atoms with E-state index in [1.165, 1.54) is 0 Å². The average Bonchev–Trinajstić information content (AvgIpc) is 1.62. The van der Waals surface area contributed by atoms with E-state index in [1.807, 2.05) is 0 Å². The molecule has 11 aliphatic rings. The molecule has 15 N–H and O–H groups in total. The molecule has 4 saturated carbocycles. The molecule has 0 aromatic carbocycles. The first kappa shape index (κ1) is 63.2. The van der Waals surface area contributed by atoms with E-state index < -0.39 is 203 Å². The summed E-state index contributed by atoms with van der Waals surface area (Å²) in [7, 11) is 0. The summed E-state index contributed by atoms with van der Waals surface area (Å²) in [5.74, 6) is 0.395. The first-order chi connectivity index (χ1) is 39.4. The van der Waals surface area contributed by atoms with Crippen LogP contribution in [0.5, 0.6) is 0 Å². The van der Waals surface area contributed by atoms with Crippen LogP contribution in [0, 0.1) is 52.3 Å². The highest BCUT2D eigenvalue weighted by Gasteiger charge is 2.72. The Balaban J connectivity index is 0.795. The largest absolute Gasteiger partial charge is 0.394 e. The van der Waals surface area contributed by atoms with Crippen LogP contribution in [0.2, 0.25) is 0 Å². The molecule has 0 unspecified atom stereocenters. The number of ketones is 1. The van der Waals surface area contributed by atoms with Crippen molar-refractivity contribution in [3.63, 3.8) is 0 Å². The fourth-order valence-corrected chi connectivity index (χ4v) is 16.8. The summed E-state index contributed by atoms with van der Waals surface area (Å²) in [5.41, 5.74) is -1.03. The minimum absolute atomic E-state index is 0.0140. The molecule has 11 fully saturated rings.